The van der Waals surface area contributed by atoms with Crippen LogP contribution in [0.15, 0.2) is 0 Å². The first kappa shape index (κ1) is 20.6. The summed E-state index contributed by atoms with van der Waals surface area (Å²) in [6.07, 6.45) is 11.3. The van der Waals surface area contributed by atoms with Crippen LogP contribution in [-0.4, -0.2) is 22.3 Å². The van der Waals surface area contributed by atoms with E-state index in [9.17, 15) is 9.59 Å². The van der Waals surface area contributed by atoms with E-state index in [2.05, 4.69) is 13.8 Å². The summed E-state index contributed by atoms with van der Waals surface area (Å²) < 4.78 is 9.63. The molecule has 0 atom stereocenters. The van der Waals surface area contributed by atoms with Crippen molar-refractivity contribution in [1.82, 2.24) is 0 Å². The second-order valence-corrected chi connectivity index (χ2v) is 8.61. The van der Waals surface area contributed by atoms with Gasteiger partial charge in [0.15, 0.2) is 0 Å². The van der Waals surface area contributed by atoms with Gasteiger partial charge in [0, 0.05) is 0 Å². The summed E-state index contributed by atoms with van der Waals surface area (Å²) in [5.41, 5.74) is 0. The van der Waals surface area contributed by atoms with Gasteiger partial charge in [0.05, 0.1) is 0 Å². The zero-order valence-corrected chi connectivity index (χ0v) is 16.8. The molecule has 0 heterocycles. The Balaban J connectivity index is 3.38. The van der Waals surface area contributed by atoms with Crippen LogP contribution in [0.2, 0.25) is 0 Å². The zero-order valence-electron chi connectivity index (χ0n) is 13.8. The zero-order chi connectivity index (χ0) is 15.8. The van der Waals surface area contributed by atoms with Crippen LogP contribution < -0.4 is 0 Å². The number of rotatable bonds is 14. The van der Waals surface area contributed by atoms with Crippen molar-refractivity contribution in [1.29, 1.82) is 0 Å². The van der Waals surface area contributed by atoms with Gasteiger partial charge in [-0.05, 0) is 0 Å². The van der Waals surface area contributed by atoms with Crippen LogP contribution in [0, 0.1) is 0 Å². The summed E-state index contributed by atoms with van der Waals surface area (Å²) in [4.78, 5) is 23.0. The van der Waals surface area contributed by atoms with Crippen LogP contribution in [0.3, 0.4) is 0 Å². The molecule has 0 aromatic heterocycles. The molecule has 0 saturated carbocycles. The summed E-state index contributed by atoms with van der Waals surface area (Å²) in [5, 5.41) is 0. The summed E-state index contributed by atoms with van der Waals surface area (Å²) in [7, 11) is 0. The molecule has 0 spiro atoms. The number of carbonyl (C=O) groups excluding carboxylic acids is 2. The van der Waals surface area contributed by atoms with Gasteiger partial charge in [-0.15, -0.1) is 0 Å². The summed E-state index contributed by atoms with van der Waals surface area (Å²) in [5.74, 6) is 0. The fourth-order valence-corrected chi connectivity index (χ4v) is 3.53. The molecule has 0 aromatic carbocycles. The Morgan fingerprint density at radius 1 is 0.667 bits per heavy atom. The van der Waals surface area contributed by atoms with Gasteiger partial charge in [-0.2, -0.15) is 0 Å². The standard InChI is InChI=1S/2C8H15O2.Zn/c2*1-2-3-4-5-6-7-10-8-9;/h2*2-7H2,1H3;. The van der Waals surface area contributed by atoms with Crippen molar-refractivity contribution in [2.75, 3.05) is 13.2 Å². The van der Waals surface area contributed by atoms with Gasteiger partial charge in [-0.3, -0.25) is 0 Å². The van der Waals surface area contributed by atoms with Crippen molar-refractivity contribution in [2.45, 2.75) is 78.1 Å². The predicted molar refractivity (Wildman–Crippen MR) is 80.2 cm³/mol. The van der Waals surface area contributed by atoms with Gasteiger partial charge in [-0.1, -0.05) is 0 Å². The van der Waals surface area contributed by atoms with E-state index >= 15 is 0 Å². The fraction of sp³-hybridized carbons (Fsp3) is 0.875. The average Bonchev–Trinajstić information content (AvgIpc) is 2.46. The molecular formula is C16H30O4Zn. The average molecular weight is 352 g/mol. The van der Waals surface area contributed by atoms with E-state index in [0.29, 0.717) is 13.2 Å². The minimum atomic E-state index is -2.00. The van der Waals surface area contributed by atoms with E-state index in [0.717, 1.165) is 25.7 Å². The van der Waals surface area contributed by atoms with Crippen LogP contribution in [0.1, 0.15) is 78.1 Å². The molecule has 21 heavy (non-hydrogen) atoms. The van der Waals surface area contributed by atoms with Crippen LogP contribution in [0.4, 0.5) is 9.59 Å². The van der Waals surface area contributed by atoms with E-state index < -0.39 is 17.1 Å². The third kappa shape index (κ3) is 15.8. The molecule has 0 fully saturated rings. The van der Waals surface area contributed by atoms with Crippen molar-refractivity contribution < 1.29 is 36.2 Å². The van der Waals surface area contributed by atoms with Gasteiger partial charge < -0.3 is 0 Å². The molecule has 0 aromatic rings. The fourth-order valence-electron chi connectivity index (χ4n) is 2.00. The molecule has 0 saturated heterocycles. The van der Waals surface area contributed by atoms with Gasteiger partial charge in [0.2, 0.25) is 0 Å². The Kier molecular flexibility index (Phi) is 15.6. The first-order valence-corrected chi connectivity index (χ1v) is 11.5. The van der Waals surface area contributed by atoms with Gasteiger partial charge in [0.25, 0.3) is 0 Å². The third-order valence-electron chi connectivity index (χ3n) is 3.31. The molecule has 0 aliphatic rings. The summed E-state index contributed by atoms with van der Waals surface area (Å²) in [6, 6.07) is 0. The van der Waals surface area contributed by atoms with E-state index in [-0.39, 0.29) is 9.13 Å². The van der Waals surface area contributed by atoms with E-state index in [1.807, 2.05) is 0 Å². The van der Waals surface area contributed by atoms with Crippen LogP contribution in [0.25, 0.3) is 0 Å². The van der Waals surface area contributed by atoms with Crippen molar-refractivity contribution in [3.05, 3.63) is 0 Å². The van der Waals surface area contributed by atoms with Gasteiger partial charge in [-0.25, -0.2) is 0 Å². The maximum atomic E-state index is 11.5. The molecule has 5 heteroatoms. The minimum absolute atomic E-state index is 0.283. The Morgan fingerprint density at radius 2 is 1.05 bits per heavy atom. The molecule has 0 aliphatic heterocycles. The van der Waals surface area contributed by atoms with Crippen molar-refractivity contribution in [3.8, 4) is 0 Å². The van der Waals surface area contributed by atoms with Crippen LogP contribution >= 0.6 is 0 Å². The predicted octanol–water partition coefficient (Wildman–Crippen LogP) is 5.28. The second-order valence-electron chi connectivity index (χ2n) is 5.45. The van der Waals surface area contributed by atoms with Gasteiger partial charge >= 0.3 is 137 Å². The number of hydrogen-bond acceptors (Lipinski definition) is 4. The molecule has 0 unspecified atom stereocenters. The van der Waals surface area contributed by atoms with E-state index in [1.54, 1.807) is 0 Å². The SMILES string of the molecule is CCCCCCCO[C](=O)[Zn][C](=O)OCCCCCCC. The van der Waals surface area contributed by atoms with E-state index in [4.69, 9.17) is 9.47 Å². The molecule has 0 aliphatic carbocycles. The quantitative estimate of drug-likeness (QED) is 0.315. The van der Waals surface area contributed by atoms with Crippen LogP contribution in [-0.2, 0) is 26.6 Å². The Hall–Kier alpha value is -0.437. The maximum absolute atomic E-state index is 11.5. The van der Waals surface area contributed by atoms with E-state index in [1.165, 1.54) is 38.5 Å². The normalized spacial score (nSPS) is 10.0. The molecule has 4 nitrogen and oxygen atoms in total. The summed E-state index contributed by atoms with van der Waals surface area (Å²) in [6.45, 7) is 5.25. The molecular weight excluding hydrogens is 322 g/mol. The number of carbonyl (C=O) groups is 2. The van der Waals surface area contributed by atoms with Gasteiger partial charge in [0.1, 0.15) is 0 Å². The molecule has 0 radical (unpaired) electrons. The second kappa shape index (κ2) is 15.9. The van der Waals surface area contributed by atoms with Crippen LogP contribution in [0.5, 0.6) is 0 Å². The third-order valence-corrected chi connectivity index (χ3v) is 5.38. The topological polar surface area (TPSA) is 52.6 Å². The van der Waals surface area contributed by atoms with Crippen molar-refractivity contribution >= 4 is 9.13 Å². The molecule has 0 bridgehead atoms. The monoisotopic (exact) mass is 350 g/mol. The Morgan fingerprint density at radius 3 is 1.43 bits per heavy atom. The first-order chi connectivity index (χ1) is 10.2. The molecule has 0 N–H and O–H groups in total. The first-order valence-electron chi connectivity index (χ1n) is 8.52. The number of ether oxygens (including phenoxy) is 2. The Bertz CT molecular complexity index is 243. The molecule has 0 amide bonds. The summed E-state index contributed by atoms with van der Waals surface area (Å²) >= 11 is -2.00. The Labute approximate surface area is 136 Å². The van der Waals surface area contributed by atoms with Crippen molar-refractivity contribution in [2.24, 2.45) is 0 Å². The number of hydrogen-bond donors (Lipinski definition) is 0. The van der Waals surface area contributed by atoms with Crippen molar-refractivity contribution in [3.63, 3.8) is 0 Å². The molecule has 0 rings (SSSR count). The number of unbranched alkanes of at least 4 members (excludes halogenated alkanes) is 8. The molecule has 120 valence electrons.